The van der Waals surface area contributed by atoms with Crippen molar-refractivity contribution in [3.8, 4) is 11.5 Å². The van der Waals surface area contributed by atoms with Gasteiger partial charge in [0.05, 0.1) is 16.6 Å². The summed E-state index contributed by atoms with van der Waals surface area (Å²) >= 11 is 11.9. The van der Waals surface area contributed by atoms with Gasteiger partial charge >= 0.3 is 0 Å². The molecule has 0 fully saturated rings. The Balaban J connectivity index is 2.26. The molecule has 0 aliphatic rings. The summed E-state index contributed by atoms with van der Waals surface area (Å²) in [5, 5.41) is 20.1. The predicted molar refractivity (Wildman–Crippen MR) is 75.6 cm³/mol. The van der Waals surface area contributed by atoms with Crippen LogP contribution in [-0.2, 0) is 6.61 Å². The normalized spacial score (nSPS) is 10.3. The van der Waals surface area contributed by atoms with E-state index in [1.807, 2.05) is 0 Å². The van der Waals surface area contributed by atoms with E-state index in [0.29, 0.717) is 16.3 Å². The second-order valence-electron chi connectivity index (χ2n) is 3.89. The van der Waals surface area contributed by atoms with Crippen LogP contribution in [0.3, 0.4) is 0 Å². The molecule has 0 saturated carbocycles. The van der Waals surface area contributed by atoms with Crippen molar-refractivity contribution < 1.29 is 14.8 Å². The Morgan fingerprint density at radius 1 is 1.15 bits per heavy atom. The van der Waals surface area contributed by atoms with Crippen molar-refractivity contribution in [1.29, 1.82) is 0 Å². The van der Waals surface area contributed by atoms with Crippen LogP contribution < -0.4 is 4.74 Å². The fourth-order valence-corrected chi connectivity index (χ4v) is 1.98. The minimum absolute atomic E-state index is 0.115. The molecule has 0 saturated heterocycles. The summed E-state index contributed by atoms with van der Waals surface area (Å²) < 4.78 is 5.50. The molecule has 0 radical (unpaired) electrons. The first kappa shape index (κ1) is 14.6. The number of nitro groups is 1. The topological polar surface area (TPSA) is 72.6 Å². The van der Waals surface area contributed by atoms with Crippen molar-refractivity contribution in [2.24, 2.45) is 0 Å². The van der Waals surface area contributed by atoms with Crippen molar-refractivity contribution in [2.75, 3.05) is 0 Å². The van der Waals surface area contributed by atoms with Gasteiger partial charge in [0.2, 0.25) is 0 Å². The minimum atomic E-state index is -0.539. The molecule has 0 aliphatic heterocycles. The van der Waals surface area contributed by atoms with E-state index in [2.05, 4.69) is 0 Å². The minimum Gasteiger partial charge on any atom is -0.456 e. The average molecular weight is 314 g/mol. The van der Waals surface area contributed by atoms with Gasteiger partial charge in [-0.3, -0.25) is 10.1 Å². The molecule has 7 heteroatoms. The van der Waals surface area contributed by atoms with Crippen molar-refractivity contribution >= 4 is 28.9 Å². The Hall–Kier alpha value is -1.82. The lowest BCUT2D eigenvalue weighted by Crippen LogP contribution is -1.91. The van der Waals surface area contributed by atoms with Crippen LogP contribution in [-0.4, -0.2) is 10.0 Å². The number of rotatable bonds is 4. The van der Waals surface area contributed by atoms with Crippen LogP contribution in [0.15, 0.2) is 36.4 Å². The standard InChI is InChI=1S/C13H9Cl2NO4/c14-11-6-10(3-1-8(11)7-17)20-13-4-2-9(16(18)19)5-12(13)15/h1-6,17H,7H2. The smallest absolute Gasteiger partial charge is 0.271 e. The third-order valence-electron chi connectivity index (χ3n) is 2.55. The summed E-state index contributed by atoms with van der Waals surface area (Å²) in [5.41, 5.74) is 0.463. The summed E-state index contributed by atoms with van der Waals surface area (Å²) in [6.07, 6.45) is 0. The van der Waals surface area contributed by atoms with Gasteiger partial charge in [-0.2, -0.15) is 0 Å². The molecular formula is C13H9Cl2NO4. The second kappa shape index (κ2) is 6.09. The van der Waals surface area contributed by atoms with Crippen molar-refractivity contribution in [3.05, 3.63) is 62.1 Å². The summed E-state index contributed by atoms with van der Waals surface area (Å²) in [7, 11) is 0. The maximum atomic E-state index is 10.6. The molecule has 2 aromatic rings. The van der Waals surface area contributed by atoms with E-state index in [9.17, 15) is 10.1 Å². The van der Waals surface area contributed by atoms with Crippen LogP contribution in [0.1, 0.15) is 5.56 Å². The first-order valence-electron chi connectivity index (χ1n) is 5.52. The lowest BCUT2D eigenvalue weighted by molar-refractivity contribution is -0.384. The summed E-state index contributed by atoms with van der Waals surface area (Å²) in [4.78, 5) is 10.1. The maximum Gasteiger partial charge on any atom is 0.271 e. The van der Waals surface area contributed by atoms with Gasteiger partial charge in [0.1, 0.15) is 11.5 Å². The number of nitro benzene ring substituents is 1. The van der Waals surface area contributed by atoms with Crippen molar-refractivity contribution in [1.82, 2.24) is 0 Å². The number of ether oxygens (including phenoxy) is 1. The molecule has 0 spiro atoms. The van der Waals surface area contributed by atoms with Gasteiger partial charge in [-0.25, -0.2) is 0 Å². The van der Waals surface area contributed by atoms with Gasteiger partial charge < -0.3 is 9.84 Å². The highest BCUT2D eigenvalue weighted by molar-refractivity contribution is 6.32. The van der Waals surface area contributed by atoms with Crippen LogP contribution >= 0.6 is 23.2 Å². The fourth-order valence-electron chi connectivity index (χ4n) is 1.53. The van der Waals surface area contributed by atoms with E-state index in [0.717, 1.165) is 0 Å². The monoisotopic (exact) mass is 313 g/mol. The first-order chi connectivity index (χ1) is 9.51. The Labute approximate surface area is 124 Å². The number of nitrogens with zero attached hydrogens (tertiary/aromatic N) is 1. The number of non-ortho nitro benzene ring substituents is 1. The Morgan fingerprint density at radius 2 is 1.90 bits per heavy atom. The van der Waals surface area contributed by atoms with E-state index in [4.69, 9.17) is 33.0 Å². The third kappa shape index (κ3) is 3.19. The van der Waals surface area contributed by atoms with Crippen LogP contribution in [0.5, 0.6) is 11.5 Å². The van der Waals surface area contributed by atoms with Gasteiger partial charge in [0, 0.05) is 17.2 Å². The molecule has 0 bridgehead atoms. The van der Waals surface area contributed by atoms with Crippen LogP contribution in [0.25, 0.3) is 0 Å². The van der Waals surface area contributed by atoms with E-state index in [1.165, 1.54) is 24.3 Å². The zero-order valence-electron chi connectivity index (χ0n) is 10.0. The van der Waals surface area contributed by atoms with Crippen molar-refractivity contribution in [2.45, 2.75) is 6.61 Å². The van der Waals surface area contributed by atoms with Gasteiger partial charge in [-0.15, -0.1) is 0 Å². The lowest BCUT2D eigenvalue weighted by Gasteiger charge is -2.09. The molecular weight excluding hydrogens is 305 g/mol. The number of aliphatic hydroxyl groups excluding tert-OH is 1. The van der Waals surface area contributed by atoms with E-state index in [-0.39, 0.29) is 23.1 Å². The number of hydrogen-bond acceptors (Lipinski definition) is 4. The molecule has 0 aliphatic carbocycles. The fraction of sp³-hybridized carbons (Fsp3) is 0.0769. The summed E-state index contributed by atoms with van der Waals surface area (Å²) in [6.45, 7) is -0.169. The quantitative estimate of drug-likeness (QED) is 0.678. The molecule has 0 aromatic heterocycles. The molecule has 0 atom stereocenters. The maximum absolute atomic E-state index is 10.6. The first-order valence-corrected chi connectivity index (χ1v) is 6.28. The molecule has 0 amide bonds. The predicted octanol–water partition coefficient (Wildman–Crippen LogP) is 4.19. The number of aliphatic hydroxyl groups is 1. The Kier molecular flexibility index (Phi) is 4.44. The molecule has 1 N–H and O–H groups in total. The highest BCUT2D eigenvalue weighted by atomic mass is 35.5. The highest BCUT2D eigenvalue weighted by Gasteiger charge is 2.11. The molecule has 0 unspecified atom stereocenters. The zero-order chi connectivity index (χ0) is 14.7. The number of hydrogen-bond donors (Lipinski definition) is 1. The lowest BCUT2D eigenvalue weighted by atomic mass is 10.2. The van der Waals surface area contributed by atoms with E-state index >= 15 is 0 Å². The zero-order valence-corrected chi connectivity index (χ0v) is 11.6. The second-order valence-corrected chi connectivity index (χ2v) is 4.70. The summed E-state index contributed by atoms with van der Waals surface area (Å²) in [6, 6.07) is 8.69. The molecule has 20 heavy (non-hydrogen) atoms. The van der Waals surface area contributed by atoms with Crippen molar-refractivity contribution in [3.63, 3.8) is 0 Å². The highest BCUT2D eigenvalue weighted by Crippen LogP contribution is 2.33. The molecule has 5 nitrogen and oxygen atoms in total. The molecule has 2 aromatic carbocycles. The van der Waals surface area contributed by atoms with Crippen LogP contribution in [0, 0.1) is 10.1 Å². The molecule has 2 rings (SSSR count). The van der Waals surface area contributed by atoms with Gasteiger partial charge in [0.15, 0.2) is 0 Å². The Bertz CT molecular complexity index is 661. The molecule has 104 valence electrons. The van der Waals surface area contributed by atoms with Crippen LogP contribution in [0.2, 0.25) is 10.0 Å². The van der Waals surface area contributed by atoms with Crippen LogP contribution in [0.4, 0.5) is 5.69 Å². The number of benzene rings is 2. The van der Waals surface area contributed by atoms with E-state index < -0.39 is 4.92 Å². The molecule has 0 heterocycles. The Morgan fingerprint density at radius 3 is 2.45 bits per heavy atom. The van der Waals surface area contributed by atoms with Gasteiger partial charge in [0.25, 0.3) is 5.69 Å². The van der Waals surface area contributed by atoms with E-state index in [1.54, 1.807) is 12.1 Å². The largest absolute Gasteiger partial charge is 0.456 e. The van der Waals surface area contributed by atoms with Gasteiger partial charge in [-0.05, 0) is 23.8 Å². The average Bonchev–Trinajstić information content (AvgIpc) is 2.41. The summed E-state index contributed by atoms with van der Waals surface area (Å²) in [5.74, 6) is 0.702. The SMILES string of the molecule is O=[N+]([O-])c1ccc(Oc2ccc(CO)c(Cl)c2)c(Cl)c1. The van der Waals surface area contributed by atoms with Gasteiger partial charge in [-0.1, -0.05) is 29.3 Å². The third-order valence-corrected chi connectivity index (χ3v) is 3.20. The number of halogens is 2.